The summed E-state index contributed by atoms with van der Waals surface area (Å²) in [6, 6.07) is 12.4. The molecule has 2 atom stereocenters. The number of nitrogens with one attached hydrogen (secondary N) is 1. The number of aromatic amines is 1. The van der Waals surface area contributed by atoms with Gasteiger partial charge in [-0.25, -0.2) is 4.79 Å². The number of aryl methyl sites for hydroxylation is 1. The lowest BCUT2D eigenvalue weighted by molar-refractivity contribution is 0.227. The van der Waals surface area contributed by atoms with Crippen molar-refractivity contribution >= 4 is 0 Å². The number of imidazole rings is 1. The third-order valence-corrected chi connectivity index (χ3v) is 7.59. The molecule has 8 heteroatoms. The van der Waals surface area contributed by atoms with E-state index in [0.717, 1.165) is 60.2 Å². The van der Waals surface area contributed by atoms with E-state index in [9.17, 15) is 4.79 Å². The Labute approximate surface area is 211 Å². The predicted molar refractivity (Wildman–Crippen MR) is 141 cm³/mol. The number of tetrazole rings is 1. The molecule has 0 spiro atoms. The summed E-state index contributed by atoms with van der Waals surface area (Å²) in [5.74, 6) is 1.14. The van der Waals surface area contributed by atoms with Crippen molar-refractivity contribution in [3.8, 4) is 22.5 Å². The number of nitrogens with zero attached hydrogens (tertiary/aromatic N) is 6. The van der Waals surface area contributed by atoms with Crippen molar-refractivity contribution < 1.29 is 0 Å². The van der Waals surface area contributed by atoms with Crippen LogP contribution in [0, 0.1) is 5.92 Å². The second kappa shape index (κ2) is 11.0. The maximum atomic E-state index is 13.7. The van der Waals surface area contributed by atoms with Gasteiger partial charge in [0.2, 0.25) is 5.82 Å². The third-order valence-electron chi connectivity index (χ3n) is 7.59. The lowest BCUT2D eigenvalue weighted by atomic mass is 9.83. The standard InChI is InChI=1S/C28H35N7O/c1-3-5-11-23-19-35(26-14-9-6-10-20(26)4-2)28(36)34(23)18-22-16-15-21(17-29-22)24-12-7-8-13-25(24)27-30-32-33-31-27/h7-8,12-13,15-17,19-20,26H,3-6,9-11,14,18H2,1-2H3,(H,30,31,32,33). The van der Waals surface area contributed by atoms with E-state index in [2.05, 4.69) is 46.7 Å². The van der Waals surface area contributed by atoms with Crippen molar-refractivity contribution in [3.63, 3.8) is 0 Å². The zero-order valence-corrected chi connectivity index (χ0v) is 21.2. The number of hydrogen-bond acceptors (Lipinski definition) is 5. The smallest absolute Gasteiger partial charge is 0.296 e. The van der Waals surface area contributed by atoms with E-state index in [1.54, 1.807) is 0 Å². The number of aromatic nitrogens is 7. The van der Waals surface area contributed by atoms with Crippen LogP contribution >= 0.6 is 0 Å². The molecule has 0 aliphatic heterocycles. The number of rotatable bonds is 9. The molecule has 1 saturated carbocycles. The molecule has 2 unspecified atom stereocenters. The fourth-order valence-electron chi connectivity index (χ4n) is 5.59. The maximum absolute atomic E-state index is 13.7. The first-order chi connectivity index (χ1) is 17.7. The van der Waals surface area contributed by atoms with Crippen LogP contribution in [0.4, 0.5) is 0 Å². The molecule has 3 aromatic heterocycles. The predicted octanol–water partition coefficient (Wildman–Crippen LogP) is 5.42. The first-order valence-corrected chi connectivity index (χ1v) is 13.3. The van der Waals surface area contributed by atoms with Crippen molar-refractivity contribution in [2.24, 2.45) is 5.92 Å². The molecule has 0 saturated heterocycles. The molecule has 1 aliphatic rings. The normalized spacial score (nSPS) is 17.9. The molecule has 1 N–H and O–H groups in total. The molecule has 1 fully saturated rings. The second-order valence-electron chi connectivity index (χ2n) is 9.84. The van der Waals surface area contributed by atoms with Crippen LogP contribution in [0.15, 0.2) is 53.6 Å². The lowest BCUT2D eigenvalue weighted by Crippen LogP contribution is -2.33. The van der Waals surface area contributed by atoms with Gasteiger partial charge >= 0.3 is 5.69 Å². The highest BCUT2D eigenvalue weighted by atomic mass is 16.1. The molecular weight excluding hydrogens is 450 g/mol. The topological polar surface area (TPSA) is 94.3 Å². The summed E-state index contributed by atoms with van der Waals surface area (Å²) in [5, 5.41) is 14.5. The Hall–Kier alpha value is -3.55. The first-order valence-electron chi connectivity index (χ1n) is 13.3. The second-order valence-corrected chi connectivity index (χ2v) is 9.84. The van der Waals surface area contributed by atoms with Gasteiger partial charge in [0.25, 0.3) is 0 Å². The summed E-state index contributed by atoms with van der Waals surface area (Å²) in [7, 11) is 0. The zero-order chi connectivity index (χ0) is 24.9. The van der Waals surface area contributed by atoms with Crippen molar-refractivity contribution in [1.82, 2.24) is 34.7 Å². The Kier molecular flexibility index (Phi) is 7.39. The number of pyridine rings is 1. The van der Waals surface area contributed by atoms with Gasteiger partial charge in [0, 0.05) is 35.3 Å². The van der Waals surface area contributed by atoms with E-state index < -0.39 is 0 Å². The number of hydrogen-bond donors (Lipinski definition) is 1. The van der Waals surface area contributed by atoms with E-state index in [0.29, 0.717) is 24.3 Å². The zero-order valence-electron chi connectivity index (χ0n) is 21.2. The van der Waals surface area contributed by atoms with Crippen molar-refractivity contribution in [2.75, 3.05) is 0 Å². The van der Waals surface area contributed by atoms with Gasteiger partial charge in [-0.05, 0) is 48.4 Å². The fourth-order valence-corrected chi connectivity index (χ4v) is 5.59. The van der Waals surface area contributed by atoms with E-state index in [1.807, 2.05) is 45.7 Å². The largest absolute Gasteiger partial charge is 0.328 e. The number of H-pyrrole nitrogens is 1. The lowest BCUT2D eigenvalue weighted by Gasteiger charge is -2.31. The monoisotopic (exact) mass is 485 g/mol. The molecule has 0 bridgehead atoms. The molecule has 5 rings (SSSR count). The molecule has 0 amide bonds. The molecule has 3 heterocycles. The van der Waals surface area contributed by atoms with Crippen LogP contribution in [-0.4, -0.2) is 34.7 Å². The van der Waals surface area contributed by atoms with Gasteiger partial charge < -0.3 is 0 Å². The van der Waals surface area contributed by atoms with E-state index >= 15 is 0 Å². The first kappa shape index (κ1) is 24.2. The highest BCUT2D eigenvalue weighted by molar-refractivity contribution is 5.79. The van der Waals surface area contributed by atoms with Crippen LogP contribution < -0.4 is 5.69 Å². The molecule has 1 aromatic carbocycles. The Morgan fingerprint density at radius 3 is 2.61 bits per heavy atom. The minimum Gasteiger partial charge on any atom is -0.296 e. The van der Waals surface area contributed by atoms with Gasteiger partial charge in [-0.2, -0.15) is 5.21 Å². The Morgan fingerprint density at radius 2 is 1.89 bits per heavy atom. The van der Waals surface area contributed by atoms with Gasteiger partial charge in [0.15, 0.2) is 0 Å². The van der Waals surface area contributed by atoms with Crippen LogP contribution in [0.1, 0.15) is 76.2 Å². The van der Waals surface area contributed by atoms with Crippen LogP contribution in [0.5, 0.6) is 0 Å². The van der Waals surface area contributed by atoms with Crippen LogP contribution in [0.25, 0.3) is 22.5 Å². The molecule has 8 nitrogen and oxygen atoms in total. The molecule has 0 radical (unpaired) electrons. The highest BCUT2D eigenvalue weighted by Crippen LogP contribution is 2.35. The third kappa shape index (κ3) is 4.90. The average molecular weight is 486 g/mol. The fraction of sp³-hybridized carbons (Fsp3) is 0.464. The quantitative estimate of drug-likeness (QED) is 0.341. The van der Waals surface area contributed by atoms with Gasteiger partial charge in [-0.15, -0.1) is 10.2 Å². The van der Waals surface area contributed by atoms with Crippen molar-refractivity contribution in [1.29, 1.82) is 0 Å². The number of benzene rings is 1. The van der Waals surface area contributed by atoms with Gasteiger partial charge in [-0.3, -0.25) is 14.1 Å². The Bertz CT molecular complexity index is 1320. The highest BCUT2D eigenvalue weighted by Gasteiger charge is 2.28. The number of unbranched alkanes of at least 4 members (excludes halogenated alkanes) is 1. The van der Waals surface area contributed by atoms with Gasteiger partial charge in [0.1, 0.15) is 0 Å². The summed E-state index contributed by atoms with van der Waals surface area (Å²) in [6.45, 7) is 4.94. The van der Waals surface area contributed by atoms with Crippen LogP contribution in [0.3, 0.4) is 0 Å². The molecular formula is C28H35N7O. The summed E-state index contributed by atoms with van der Waals surface area (Å²) >= 11 is 0. The van der Waals surface area contributed by atoms with E-state index in [-0.39, 0.29) is 5.69 Å². The Morgan fingerprint density at radius 1 is 1.06 bits per heavy atom. The van der Waals surface area contributed by atoms with Crippen molar-refractivity contribution in [2.45, 2.75) is 77.8 Å². The maximum Gasteiger partial charge on any atom is 0.328 e. The Balaban J connectivity index is 1.44. The van der Waals surface area contributed by atoms with E-state index in [4.69, 9.17) is 4.98 Å². The molecule has 188 valence electrons. The van der Waals surface area contributed by atoms with E-state index in [1.165, 1.54) is 19.3 Å². The molecule has 36 heavy (non-hydrogen) atoms. The van der Waals surface area contributed by atoms with Gasteiger partial charge in [-0.1, -0.05) is 69.9 Å². The van der Waals surface area contributed by atoms with Crippen LogP contribution in [0.2, 0.25) is 0 Å². The summed E-state index contributed by atoms with van der Waals surface area (Å²) < 4.78 is 4.00. The van der Waals surface area contributed by atoms with Gasteiger partial charge in [0.05, 0.1) is 12.2 Å². The minimum atomic E-state index is 0.111. The molecule has 1 aliphatic carbocycles. The molecule has 4 aromatic rings. The van der Waals surface area contributed by atoms with Crippen molar-refractivity contribution in [3.05, 3.63) is 70.7 Å². The summed E-state index contributed by atoms with van der Waals surface area (Å²) in [4.78, 5) is 18.4. The summed E-state index contributed by atoms with van der Waals surface area (Å²) in [5.41, 5.74) is 4.98. The van der Waals surface area contributed by atoms with Crippen LogP contribution in [-0.2, 0) is 13.0 Å². The SMILES string of the molecule is CCCCc1cn(C2CCCCC2CC)c(=O)n1Cc1ccc(-c2ccccc2-c2nn[nH]n2)cn1. The minimum absolute atomic E-state index is 0.111. The average Bonchev–Trinajstić information content (AvgIpc) is 3.57. The summed E-state index contributed by atoms with van der Waals surface area (Å²) in [6.07, 6.45) is 13.0.